The Morgan fingerprint density at radius 3 is 2.87 bits per heavy atom. The minimum absolute atomic E-state index is 0.318. The molecule has 1 aromatic carbocycles. The van der Waals surface area contributed by atoms with E-state index in [4.69, 9.17) is 16.6 Å². The second-order valence-corrected chi connectivity index (χ2v) is 8.78. The van der Waals surface area contributed by atoms with Crippen molar-refractivity contribution in [2.75, 3.05) is 13.1 Å². The molecule has 1 atom stereocenters. The zero-order valence-electron chi connectivity index (χ0n) is 17.1. The number of aromatic nitrogens is 3. The Labute approximate surface area is 183 Å². The molecule has 3 aromatic rings. The molecular formula is C25H27ClN4. The van der Waals surface area contributed by atoms with Crippen molar-refractivity contribution in [3.63, 3.8) is 0 Å². The lowest BCUT2D eigenvalue weighted by Gasteiger charge is -2.32. The molecule has 1 unspecified atom stereocenters. The van der Waals surface area contributed by atoms with Crippen LogP contribution in [0.3, 0.4) is 0 Å². The molecule has 2 aromatic heterocycles. The number of hydrogen-bond donors (Lipinski definition) is 1. The molecule has 2 aliphatic rings. The Hall–Kier alpha value is -2.43. The maximum atomic E-state index is 6.43. The van der Waals surface area contributed by atoms with Crippen molar-refractivity contribution in [2.24, 2.45) is 5.92 Å². The number of allylic oxidation sites excluding steroid dienone is 1. The van der Waals surface area contributed by atoms with Crippen LogP contribution >= 0.6 is 11.6 Å². The lowest BCUT2D eigenvalue weighted by atomic mass is 9.76. The summed E-state index contributed by atoms with van der Waals surface area (Å²) in [6.45, 7) is 3.13. The highest BCUT2D eigenvalue weighted by Crippen LogP contribution is 2.44. The molecule has 30 heavy (non-hydrogen) atoms. The van der Waals surface area contributed by atoms with Crippen LogP contribution in [0.25, 0.3) is 11.6 Å². The molecule has 4 nitrogen and oxygen atoms in total. The molecule has 1 aliphatic carbocycles. The zero-order chi connectivity index (χ0) is 20.3. The number of nitrogens with one attached hydrogen (secondary N) is 1. The van der Waals surface area contributed by atoms with Gasteiger partial charge in [0.2, 0.25) is 0 Å². The summed E-state index contributed by atoms with van der Waals surface area (Å²) in [7, 11) is 0. The molecule has 5 rings (SSSR count). The Bertz CT molecular complexity index is 1040. The van der Waals surface area contributed by atoms with Gasteiger partial charge < -0.3 is 9.88 Å². The van der Waals surface area contributed by atoms with E-state index < -0.39 is 0 Å². The van der Waals surface area contributed by atoms with Gasteiger partial charge in [0.05, 0.1) is 12.0 Å². The Kier molecular flexibility index (Phi) is 5.69. The highest BCUT2D eigenvalue weighted by Gasteiger charge is 2.32. The van der Waals surface area contributed by atoms with Crippen LogP contribution in [0, 0.1) is 5.92 Å². The smallest absolute Gasteiger partial charge is 0.0945 e. The molecule has 5 heteroatoms. The van der Waals surface area contributed by atoms with Gasteiger partial charge in [-0.3, -0.25) is 4.98 Å². The maximum Gasteiger partial charge on any atom is 0.0945 e. The van der Waals surface area contributed by atoms with Gasteiger partial charge in [-0.2, -0.15) is 0 Å². The van der Waals surface area contributed by atoms with Crippen LogP contribution in [0.1, 0.15) is 54.0 Å². The number of halogens is 1. The molecule has 0 saturated carbocycles. The van der Waals surface area contributed by atoms with Gasteiger partial charge in [-0.25, -0.2) is 4.98 Å². The van der Waals surface area contributed by atoms with E-state index >= 15 is 0 Å². The van der Waals surface area contributed by atoms with Crippen molar-refractivity contribution in [3.05, 3.63) is 82.7 Å². The number of fused-ring (bicyclic) bond motifs is 2. The van der Waals surface area contributed by atoms with Crippen LogP contribution in [0.15, 0.2) is 55.2 Å². The molecule has 1 saturated heterocycles. The highest BCUT2D eigenvalue weighted by molar-refractivity contribution is 6.30. The van der Waals surface area contributed by atoms with Crippen LogP contribution in [0.5, 0.6) is 0 Å². The first-order valence-corrected chi connectivity index (χ1v) is 11.3. The van der Waals surface area contributed by atoms with Crippen molar-refractivity contribution in [1.29, 1.82) is 0 Å². The number of imidazole rings is 1. The second kappa shape index (κ2) is 8.75. The summed E-state index contributed by atoms with van der Waals surface area (Å²) in [6, 6.07) is 10.7. The first-order chi connectivity index (χ1) is 14.8. The molecule has 1 aliphatic heterocycles. The van der Waals surface area contributed by atoms with E-state index in [1.54, 1.807) is 0 Å². The molecular weight excluding hydrogens is 392 g/mol. The van der Waals surface area contributed by atoms with E-state index in [0.717, 1.165) is 37.5 Å². The van der Waals surface area contributed by atoms with E-state index in [2.05, 4.69) is 45.2 Å². The van der Waals surface area contributed by atoms with E-state index in [-0.39, 0.29) is 0 Å². The largest absolute Gasteiger partial charge is 0.337 e. The van der Waals surface area contributed by atoms with E-state index in [0.29, 0.717) is 11.8 Å². The average molecular weight is 419 g/mol. The number of rotatable bonds is 5. The van der Waals surface area contributed by atoms with Crippen molar-refractivity contribution >= 4 is 23.3 Å². The van der Waals surface area contributed by atoms with Crippen LogP contribution in [-0.2, 0) is 6.54 Å². The molecule has 0 bridgehead atoms. The normalized spacial score (nSPS) is 19.0. The Morgan fingerprint density at radius 2 is 2.03 bits per heavy atom. The fraction of sp³-hybridized carbons (Fsp3) is 0.360. The van der Waals surface area contributed by atoms with Crippen molar-refractivity contribution in [2.45, 2.75) is 38.1 Å². The van der Waals surface area contributed by atoms with Crippen LogP contribution in [-0.4, -0.2) is 27.6 Å². The van der Waals surface area contributed by atoms with Crippen molar-refractivity contribution in [3.8, 4) is 0 Å². The monoisotopic (exact) mass is 418 g/mol. The summed E-state index contributed by atoms with van der Waals surface area (Å²) in [5.41, 5.74) is 6.52. The van der Waals surface area contributed by atoms with E-state index in [9.17, 15) is 0 Å². The van der Waals surface area contributed by atoms with Crippen LogP contribution in [0.2, 0.25) is 5.02 Å². The number of nitrogens with zero attached hydrogens (tertiary/aromatic N) is 3. The Balaban J connectivity index is 1.55. The zero-order valence-corrected chi connectivity index (χ0v) is 17.9. The van der Waals surface area contributed by atoms with E-state index in [1.165, 1.54) is 40.8 Å². The molecule has 0 radical (unpaired) electrons. The fourth-order valence-electron chi connectivity index (χ4n) is 5.04. The number of aryl methyl sites for hydroxylation is 1. The Morgan fingerprint density at radius 1 is 1.13 bits per heavy atom. The molecule has 0 spiro atoms. The summed E-state index contributed by atoms with van der Waals surface area (Å²) >= 11 is 6.43. The first-order valence-electron chi connectivity index (χ1n) is 10.9. The van der Waals surface area contributed by atoms with Crippen molar-refractivity contribution < 1.29 is 0 Å². The lowest BCUT2D eigenvalue weighted by molar-refractivity contribution is 0.339. The number of benzene rings is 1. The van der Waals surface area contributed by atoms with Gasteiger partial charge in [0, 0.05) is 36.1 Å². The molecule has 1 fully saturated rings. The number of hydrogen-bond acceptors (Lipinski definition) is 3. The van der Waals surface area contributed by atoms with E-state index in [1.807, 2.05) is 31.0 Å². The predicted octanol–water partition coefficient (Wildman–Crippen LogP) is 5.40. The van der Waals surface area contributed by atoms with Crippen LogP contribution < -0.4 is 5.32 Å². The maximum absolute atomic E-state index is 6.43. The van der Waals surface area contributed by atoms with Gasteiger partial charge >= 0.3 is 0 Å². The average Bonchev–Trinajstić information content (AvgIpc) is 3.25. The van der Waals surface area contributed by atoms with Gasteiger partial charge in [-0.1, -0.05) is 29.8 Å². The summed E-state index contributed by atoms with van der Waals surface area (Å²) in [4.78, 5) is 9.11. The third-order valence-electron chi connectivity index (χ3n) is 6.47. The second-order valence-electron chi connectivity index (χ2n) is 8.35. The molecule has 1 N–H and O–H groups in total. The molecule has 0 amide bonds. The van der Waals surface area contributed by atoms with Gasteiger partial charge in [0.1, 0.15) is 0 Å². The quantitative estimate of drug-likeness (QED) is 0.603. The topological polar surface area (TPSA) is 42.7 Å². The molecule has 3 heterocycles. The van der Waals surface area contributed by atoms with Gasteiger partial charge in [0.15, 0.2) is 0 Å². The standard InChI is InChI=1S/C25H27ClN4/c26-21-5-6-22-20(16-21)15-19(3-2-13-30-14-12-28-17-30)23-4-1-9-29-25(23)24(22)18-7-10-27-11-8-18/h1,4-6,9,12,14-18,24,27H,2-3,7-8,10-11,13H2. The number of piperidine rings is 1. The minimum Gasteiger partial charge on any atom is -0.337 e. The lowest BCUT2D eigenvalue weighted by Crippen LogP contribution is -2.32. The number of pyridine rings is 1. The third-order valence-corrected chi connectivity index (χ3v) is 6.70. The van der Waals surface area contributed by atoms with Crippen LogP contribution in [0.4, 0.5) is 0 Å². The summed E-state index contributed by atoms with van der Waals surface area (Å²) in [5, 5.41) is 4.31. The summed E-state index contributed by atoms with van der Waals surface area (Å²) in [6.07, 6.45) is 14.5. The highest BCUT2D eigenvalue weighted by atomic mass is 35.5. The van der Waals surface area contributed by atoms with Gasteiger partial charge in [0.25, 0.3) is 0 Å². The summed E-state index contributed by atoms with van der Waals surface area (Å²) in [5.74, 6) is 0.913. The third kappa shape index (κ3) is 3.94. The minimum atomic E-state index is 0.318. The van der Waals surface area contributed by atoms with Gasteiger partial charge in [-0.15, -0.1) is 0 Å². The van der Waals surface area contributed by atoms with Gasteiger partial charge in [-0.05, 0) is 85.2 Å². The fourth-order valence-corrected chi connectivity index (χ4v) is 5.22. The predicted molar refractivity (Wildman–Crippen MR) is 122 cm³/mol. The first kappa shape index (κ1) is 19.5. The summed E-state index contributed by atoms with van der Waals surface area (Å²) < 4.78 is 2.14. The molecule has 154 valence electrons. The SMILES string of the molecule is Clc1ccc2c(c1)C=C(CCCn1ccnc1)c1cccnc1C2C1CCNCC1. The van der Waals surface area contributed by atoms with Crippen molar-refractivity contribution in [1.82, 2.24) is 19.9 Å².